The maximum atomic E-state index is 12.9. The Morgan fingerprint density at radius 2 is 1.71 bits per heavy atom. The fraction of sp³-hybridized carbons (Fsp3) is 0.407. The molecule has 6 nitrogen and oxygen atoms in total. The van der Waals surface area contributed by atoms with Gasteiger partial charge in [0.2, 0.25) is 5.91 Å². The minimum absolute atomic E-state index is 0.0574. The number of rotatable bonds is 6. The highest BCUT2D eigenvalue weighted by atomic mass is 32.2. The summed E-state index contributed by atoms with van der Waals surface area (Å²) in [6, 6.07) is 17.8. The van der Waals surface area contributed by atoms with Crippen molar-refractivity contribution in [3.8, 4) is 0 Å². The van der Waals surface area contributed by atoms with E-state index in [4.69, 9.17) is 0 Å². The standard InChI is InChI=1S/C27H33N3O3S/c1-19(2)22-9-11-23(12-10-22)25-20(3)26(29-34(25,32)33)30-17-14-24(15-18-30)27(31)28-16-13-21-7-5-4-6-8-21/h4-12,19,24H,13-18H2,1-3H3,(H,28,31). The van der Waals surface area contributed by atoms with Gasteiger partial charge in [0.05, 0.1) is 0 Å². The molecule has 0 aromatic heterocycles. The molecule has 34 heavy (non-hydrogen) atoms. The number of likely N-dealkylation sites (tertiary alicyclic amines) is 1. The largest absolute Gasteiger partial charge is 0.356 e. The Morgan fingerprint density at radius 1 is 1.06 bits per heavy atom. The van der Waals surface area contributed by atoms with Crippen LogP contribution in [0.2, 0.25) is 0 Å². The first-order chi connectivity index (χ1) is 16.3. The third-order valence-corrected chi connectivity index (χ3v) is 8.17. The van der Waals surface area contributed by atoms with Crippen molar-refractivity contribution in [3.63, 3.8) is 0 Å². The van der Waals surface area contributed by atoms with Crippen molar-refractivity contribution >= 4 is 26.7 Å². The first-order valence-electron chi connectivity index (χ1n) is 12.0. The summed E-state index contributed by atoms with van der Waals surface area (Å²) in [5, 5.41) is 3.06. The van der Waals surface area contributed by atoms with Gasteiger partial charge in [0.25, 0.3) is 10.0 Å². The zero-order valence-corrected chi connectivity index (χ0v) is 20.9. The summed E-state index contributed by atoms with van der Waals surface area (Å²) in [5.41, 5.74) is 3.73. The van der Waals surface area contributed by atoms with Gasteiger partial charge in [-0.15, -0.1) is 4.40 Å². The average molecular weight is 480 g/mol. The Labute approximate surface area is 202 Å². The fourth-order valence-electron chi connectivity index (χ4n) is 4.68. The number of sulfonamides is 1. The second kappa shape index (κ2) is 10.1. The van der Waals surface area contributed by atoms with E-state index in [9.17, 15) is 13.2 Å². The highest BCUT2D eigenvalue weighted by molar-refractivity contribution is 8.00. The molecule has 0 bridgehead atoms. The lowest BCUT2D eigenvalue weighted by Gasteiger charge is -2.32. The Morgan fingerprint density at radius 3 is 2.32 bits per heavy atom. The van der Waals surface area contributed by atoms with Crippen molar-refractivity contribution in [2.24, 2.45) is 10.3 Å². The molecule has 2 aliphatic rings. The van der Waals surface area contributed by atoms with E-state index in [0.717, 1.165) is 6.42 Å². The van der Waals surface area contributed by atoms with E-state index in [1.54, 1.807) is 0 Å². The molecule has 0 unspecified atom stereocenters. The van der Waals surface area contributed by atoms with E-state index >= 15 is 0 Å². The van der Waals surface area contributed by atoms with Gasteiger partial charge in [-0.1, -0.05) is 68.4 Å². The second-order valence-corrected chi connectivity index (χ2v) is 10.9. The molecule has 1 saturated heterocycles. The number of amidine groups is 1. The molecule has 180 valence electrons. The van der Waals surface area contributed by atoms with Crippen LogP contribution in [0.15, 0.2) is 64.6 Å². The third kappa shape index (κ3) is 5.25. The van der Waals surface area contributed by atoms with Gasteiger partial charge in [-0.25, -0.2) is 0 Å². The number of hydrogen-bond acceptors (Lipinski definition) is 4. The number of piperidine rings is 1. The SMILES string of the molecule is CC1=C(c2ccc(C(C)C)cc2)S(=O)(=O)N=C1N1CCC(C(=O)NCCc2ccccc2)CC1. The molecular formula is C27H33N3O3S. The van der Waals surface area contributed by atoms with Crippen LogP contribution in [0.1, 0.15) is 56.2 Å². The van der Waals surface area contributed by atoms with Crippen LogP contribution < -0.4 is 5.32 Å². The van der Waals surface area contributed by atoms with Gasteiger partial charge in [-0.05, 0) is 48.8 Å². The second-order valence-electron chi connectivity index (χ2n) is 9.41. The van der Waals surface area contributed by atoms with Crippen molar-refractivity contribution < 1.29 is 13.2 Å². The van der Waals surface area contributed by atoms with E-state index < -0.39 is 10.0 Å². The molecule has 7 heteroatoms. The van der Waals surface area contributed by atoms with Crippen LogP contribution in [0.25, 0.3) is 4.91 Å². The molecule has 2 aliphatic heterocycles. The van der Waals surface area contributed by atoms with Crippen LogP contribution in [0.4, 0.5) is 0 Å². The molecule has 0 radical (unpaired) electrons. The van der Waals surface area contributed by atoms with E-state index in [0.29, 0.717) is 60.3 Å². The Kier molecular flexibility index (Phi) is 7.22. The zero-order valence-electron chi connectivity index (χ0n) is 20.1. The normalized spacial score (nSPS) is 18.4. The molecule has 1 fully saturated rings. The zero-order chi connectivity index (χ0) is 24.3. The average Bonchev–Trinajstić information content (AvgIpc) is 3.08. The van der Waals surface area contributed by atoms with Crippen molar-refractivity contribution in [2.45, 2.75) is 46.0 Å². The smallest absolute Gasteiger partial charge is 0.285 e. The first kappa shape index (κ1) is 24.2. The third-order valence-electron chi connectivity index (χ3n) is 6.70. The molecule has 2 heterocycles. The molecule has 0 aliphatic carbocycles. The van der Waals surface area contributed by atoms with Crippen LogP contribution in [0.5, 0.6) is 0 Å². The quantitative estimate of drug-likeness (QED) is 0.668. The van der Waals surface area contributed by atoms with E-state index in [1.807, 2.05) is 54.3 Å². The Hall–Kier alpha value is -2.93. The summed E-state index contributed by atoms with van der Waals surface area (Å²) in [6.07, 6.45) is 2.18. The van der Waals surface area contributed by atoms with Crippen molar-refractivity contribution in [3.05, 3.63) is 76.9 Å². The Bertz CT molecular complexity index is 1190. The summed E-state index contributed by atoms with van der Waals surface area (Å²) >= 11 is 0. The lowest BCUT2D eigenvalue weighted by molar-refractivity contribution is -0.126. The lowest BCUT2D eigenvalue weighted by Crippen LogP contribution is -2.43. The number of carbonyl (C=O) groups is 1. The van der Waals surface area contributed by atoms with Crippen LogP contribution in [0, 0.1) is 5.92 Å². The van der Waals surface area contributed by atoms with Gasteiger partial charge in [0.15, 0.2) is 0 Å². The molecular weight excluding hydrogens is 446 g/mol. The molecule has 4 rings (SSSR count). The summed E-state index contributed by atoms with van der Waals surface area (Å²) in [4.78, 5) is 14.9. The molecule has 0 saturated carbocycles. The molecule has 2 aromatic rings. The minimum Gasteiger partial charge on any atom is -0.356 e. The van der Waals surface area contributed by atoms with Crippen LogP contribution in [-0.4, -0.2) is 44.7 Å². The predicted molar refractivity (Wildman–Crippen MR) is 137 cm³/mol. The highest BCUT2D eigenvalue weighted by Crippen LogP contribution is 2.35. The monoisotopic (exact) mass is 479 g/mol. The van der Waals surface area contributed by atoms with E-state index in [2.05, 4.69) is 35.7 Å². The molecule has 1 amide bonds. The topological polar surface area (TPSA) is 78.8 Å². The number of nitrogens with zero attached hydrogens (tertiary/aromatic N) is 2. The minimum atomic E-state index is -3.74. The van der Waals surface area contributed by atoms with Gasteiger partial charge in [-0.2, -0.15) is 8.42 Å². The van der Waals surface area contributed by atoms with E-state index in [1.165, 1.54) is 11.1 Å². The molecule has 0 atom stereocenters. The summed E-state index contributed by atoms with van der Waals surface area (Å²) < 4.78 is 30.0. The summed E-state index contributed by atoms with van der Waals surface area (Å²) in [6.45, 7) is 7.90. The maximum absolute atomic E-state index is 12.9. The van der Waals surface area contributed by atoms with Gasteiger partial charge < -0.3 is 10.2 Å². The Balaban J connectivity index is 1.37. The summed E-state index contributed by atoms with van der Waals surface area (Å²) in [5.74, 6) is 0.923. The molecule has 1 N–H and O–H groups in total. The molecule has 0 spiro atoms. The lowest BCUT2D eigenvalue weighted by atomic mass is 9.95. The number of benzene rings is 2. The molecule has 2 aromatic carbocycles. The van der Waals surface area contributed by atoms with Gasteiger partial charge in [-0.3, -0.25) is 4.79 Å². The van der Waals surface area contributed by atoms with Crippen LogP contribution in [0.3, 0.4) is 0 Å². The highest BCUT2D eigenvalue weighted by Gasteiger charge is 2.35. The van der Waals surface area contributed by atoms with Crippen molar-refractivity contribution in [1.82, 2.24) is 10.2 Å². The van der Waals surface area contributed by atoms with E-state index in [-0.39, 0.29) is 11.8 Å². The van der Waals surface area contributed by atoms with Gasteiger partial charge in [0, 0.05) is 31.1 Å². The van der Waals surface area contributed by atoms with Crippen LogP contribution >= 0.6 is 0 Å². The summed E-state index contributed by atoms with van der Waals surface area (Å²) in [7, 11) is -3.74. The predicted octanol–water partition coefficient (Wildman–Crippen LogP) is 4.35. The maximum Gasteiger partial charge on any atom is 0.285 e. The van der Waals surface area contributed by atoms with Crippen molar-refractivity contribution in [1.29, 1.82) is 0 Å². The van der Waals surface area contributed by atoms with Crippen LogP contribution in [-0.2, 0) is 21.2 Å². The first-order valence-corrected chi connectivity index (χ1v) is 13.4. The number of amides is 1. The number of nitrogens with one attached hydrogen (secondary N) is 1. The number of hydrogen-bond donors (Lipinski definition) is 1. The number of carbonyl (C=O) groups excluding carboxylic acids is 1. The van der Waals surface area contributed by atoms with Gasteiger partial charge >= 0.3 is 0 Å². The van der Waals surface area contributed by atoms with Crippen molar-refractivity contribution in [2.75, 3.05) is 19.6 Å². The fourth-order valence-corrected chi connectivity index (χ4v) is 6.16. The van der Waals surface area contributed by atoms with Gasteiger partial charge in [0.1, 0.15) is 10.7 Å².